The van der Waals surface area contributed by atoms with Crippen LogP contribution in [0.2, 0.25) is 0 Å². The largest absolute Gasteiger partial charge is 0.373 e. The molecule has 0 fully saturated rings. The topological polar surface area (TPSA) is 62.7 Å². The number of aryl methyl sites for hydroxylation is 1. The molecule has 0 radical (unpaired) electrons. The second kappa shape index (κ2) is 5.58. The van der Waals surface area contributed by atoms with Gasteiger partial charge in [-0.25, -0.2) is 15.0 Å². The van der Waals surface area contributed by atoms with E-state index in [0.29, 0.717) is 0 Å². The molecule has 2 N–H and O–H groups in total. The summed E-state index contributed by atoms with van der Waals surface area (Å²) >= 11 is 1.67. The standard InChI is InChI=1S/C11H15N5S/c1-8-15-9(12-2)7-10(16-8)13-4-3-11-14-5-6-17-11/h5-7H,3-4H2,1-2H3,(H2,12,13,15,16). The van der Waals surface area contributed by atoms with Crippen molar-refractivity contribution in [2.24, 2.45) is 0 Å². The number of rotatable bonds is 5. The van der Waals surface area contributed by atoms with Crippen molar-refractivity contribution in [2.75, 3.05) is 24.2 Å². The van der Waals surface area contributed by atoms with Gasteiger partial charge in [-0.15, -0.1) is 11.3 Å². The quantitative estimate of drug-likeness (QED) is 0.848. The molecular formula is C11H15N5S. The van der Waals surface area contributed by atoms with E-state index in [1.54, 1.807) is 11.3 Å². The minimum absolute atomic E-state index is 0.758. The Bertz CT molecular complexity index is 469. The SMILES string of the molecule is CNc1cc(NCCc2nccs2)nc(C)n1. The minimum Gasteiger partial charge on any atom is -0.373 e. The fourth-order valence-corrected chi connectivity index (χ4v) is 2.08. The maximum atomic E-state index is 4.32. The van der Waals surface area contributed by atoms with Gasteiger partial charge in [0.1, 0.15) is 17.5 Å². The molecule has 0 atom stereocenters. The number of thiazole rings is 1. The summed E-state index contributed by atoms with van der Waals surface area (Å²) in [6.45, 7) is 2.71. The lowest BCUT2D eigenvalue weighted by molar-refractivity contribution is 0.970. The van der Waals surface area contributed by atoms with Gasteiger partial charge in [-0.3, -0.25) is 0 Å². The van der Waals surface area contributed by atoms with E-state index in [9.17, 15) is 0 Å². The highest BCUT2D eigenvalue weighted by Crippen LogP contribution is 2.11. The third-order valence-corrected chi connectivity index (χ3v) is 3.06. The van der Waals surface area contributed by atoms with Crippen LogP contribution < -0.4 is 10.6 Å². The third kappa shape index (κ3) is 3.39. The smallest absolute Gasteiger partial charge is 0.131 e. The first-order chi connectivity index (χ1) is 8.28. The number of aromatic nitrogens is 3. The Balaban J connectivity index is 1.92. The minimum atomic E-state index is 0.758. The molecule has 2 aromatic heterocycles. The Morgan fingerprint density at radius 3 is 2.82 bits per heavy atom. The van der Waals surface area contributed by atoms with Crippen molar-refractivity contribution in [3.8, 4) is 0 Å². The molecule has 2 rings (SSSR count). The van der Waals surface area contributed by atoms with Gasteiger partial charge in [0.25, 0.3) is 0 Å². The van der Waals surface area contributed by atoms with Crippen molar-refractivity contribution in [3.05, 3.63) is 28.5 Å². The van der Waals surface area contributed by atoms with Crippen molar-refractivity contribution in [1.29, 1.82) is 0 Å². The Hall–Kier alpha value is -1.69. The molecule has 17 heavy (non-hydrogen) atoms. The fraction of sp³-hybridized carbons (Fsp3) is 0.364. The first kappa shape index (κ1) is 11.8. The second-order valence-corrected chi connectivity index (χ2v) is 4.52. The zero-order valence-electron chi connectivity index (χ0n) is 9.90. The zero-order chi connectivity index (χ0) is 12.1. The molecule has 5 nitrogen and oxygen atoms in total. The fourth-order valence-electron chi connectivity index (χ4n) is 1.46. The van der Waals surface area contributed by atoms with Crippen LogP contribution in [0.15, 0.2) is 17.6 Å². The van der Waals surface area contributed by atoms with Gasteiger partial charge in [-0.1, -0.05) is 0 Å². The van der Waals surface area contributed by atoms with Crippen molar-refractivity contribution in [1.82, 2.24) is 15.0 Å². The van der Waals surface area contributed by atoms with E-state index >= 15 is 0 Å². The molecule has 6 heteroatoms. The Kier molecular flexibility index (Phi) is 3.87. The molecule has 0 spiro atoms. The van der Waals surface area contributed by atoms with Crippen LogP contribution in [0.5, 0.6) is 0 Å². The van der Waals surface area contributed by atoms with Gasteiger partial charge in [-0.2, -0.15) is 0 Å². The average molecular weight is 249 g/mol. The molecule has 2 heterocycles. The summed E-state index contributed by atoms with van der Waals surface area (Å²) in [5, 5.41) is 9.41. The highest BCUT2D eigenvalue weighted by atomic mass is 32.1. The molecule has 0 amide bonds. The van der Waals surface area contributed by atoms with Crippen molar-refractivity contribution in [2.45, 2.75) is 13.3 Å². The maximum absolute atomic E-state index is 4.32. The van der Waals surface area contributed by atoms with Gasteiger partial charge in [0, 0.05) is 37.7 Å². The van der Waals surface area contributed by atoms with E-state index in [-0.39, 0.29) is 0 Å². The Labute approximate surface area is 104 Å². The van der Waals surface area contributed by atoms with Gasteiger partial charge in [-0.05, 0) is 6.92 Å². The zero-order valence-corrected chi connectivity index (χ0v) is 10.7. The predicted molar refractivity (Wildman–Crippen MR) is 70.6 cm³/mol. The first-order valence-electron chi connectivity index (χ1n) is 5.43. The number of anilines is 2. The van der Waals surface area contributed by atoms with E-state index < -0.39 is 0 Å². The van der Waals surface area contributed by atoms with E-state index in [1.165, 1.54) is 0 Å². The molecule has 0 aromatic carbocycles. The van der Waals surface area contributed by atoms with Crippen LogP contribution in [0.25, 0.3) is 0 Å². The molecule has 0 aliphatic carbocycles. The molecule has 0 aliphatic heterocycles. The van der Waals surface area contributed by atoms with Crippen molar-refractivity contribution in [3.63, 3.8) is 0 Å². The molecule has 2 aromatic rings. The normalized spacial score (nSPS) is 10.2. The highest BCUT2D eigenvalue weighted by molar-refractivity contribution is 7.09. The van der Waals surface area contributed by atoms with Crippen LogP contribution in [0.4, 0.5) is 11.6 Å². The summed E-state index contributed by atoms with van der Waals surface area (Å²) in [6, 6.07) is 1.90. The van der Waals surface area contributed by atoms with Gasteiger partial charge in [0.2, 0.25) is 0 Å². The number of hydrogen-bond donors (Lipinski definition) is 2. The molecule has 0 bridgehead atoms. The van der Waals surface area contributed by atoms with E-state index in [0.717, 1.165) is 35.4 Å². The summed E-state index contributed by atoms with van der Waals surface area (Å²) in [5.41, 5.74) is 0. The van der Waals surface area contributed by atoms with Crippen LogP contribution in [-0.2, 0) is 6.42 Å². The molecule has 0 aliphatic rings. The predicted octanol–water partition coefficient (Wildman–Crippen LogP) is 1.94. The Morgan fingerprint density at radius 2 is 2.12 bits per heavy atom. The molecular weight excluding hydrogens is 234 g/mol. The summed E-state index contributed by atoms with van der Waals surface area (Å²) in [7, 11) is 1.85. The second-order valence-electron chi connectivity index (χ2n) is 3.54. The summed E-state index contributed by atoms with van der Waals surface area (Å²) < 4.78 is 0. The number of nitrogens with one attached hydrogen (secondary N) is 2. The molecule has 0 unspecified atom stereocenters. The van der Waals surface area contributed by atoms with E-state index in [2.05, 4.69) is 25.6 Å². The van der Waals surface area contributed by atoms with Crippen LogP contribution in [0.3, 0.4) is 0 Å². The highest BCUT2D eigenvalue weighted by Gasteiger charge is 2.00. The average Bonchev–Trinajstić information content (AvgIpc) is 2.81. The van der Waals surface area contributed by atoms with Crippen LogP contribution in [0, 0.1) is 6.92 Å². The lowest BCUT2D eigenvalue weighted by Gasteiger charge is -2.07. The van der Waals surface area contributed by atoms with Gasteiger partial charge in [0.05, 0.1) is 5.01 Å². The third-order valence-electron chi connectivity index (χ3n) is 2.22. The summed E-state index contributed by atoms with van der Waals surface area (Å²) in [5.74, 6) is 2.43. The molecule has 0 saturated carbocycles. The lowest BCUT2D eigenvalue weighted by Crippen LogP contribution is -2.08. The molecule has 0 saturated heterocycles. The van der Waals surface area contributed by atoms with Gasteiger partial charge in [0.15, 0.2) is 0 Å². The number of nitrogens with zero attached hydrogens (tertiary/aromatic N) is 3. The molecule has 90 valence electrons. The maximum Gasteiger partial charge on any atom is 0.131 e. The van der Waals surface area contributed by atoms with Gasteiger partial charge >= 0.3 is 0 Å². The van der Waals surface area contributed by atoms with E-state index in [4.69, 9.17) is 0 Å². The number of hydrogen-bond acceptors (Lipinski definition) is 6. The van der Waals surface area contributed by atoms with Crippen molar-refractivity contribution < 1.29 is 0 Å². The Morgan fingerprint density at radius 1 is 1.29 bits per heavy atom. The van der Waals surface area contributed by atoms with Crippen LogP contribution in [-0.4, -0.2) is 28.5 Å². The van der Waals surface area contributed by atoms with Crippen molar-refractivity contribution >= 4 is 23.0 Å². The van der Waals surface area contributed by atoms with Crippen LogP contribution in [0.1, 0.15) is 10.8 Å². The monoisotopic (exact) mass is 249 g/mol. The lowest BCUT2D eigenvalue weighted by atomic mass is 10.4. The summed E-state index contributed by atoms with van der Waals surface area (Å²) in [6.07, 6.45) is 2.74. The van der Waals surface area contributed by atoms with Crippen LogP contribution >= 0.6 is 11.3 Å². The summed E-state index contributed by atoms with van der Waals surface area (Å²) in [4.78, 5) is 12.8. The van der Waals surface area contributed by atoms with Gasteiger partial charge < -0.3 is 10.6 Å². The first-order valence-corrected chi connectivity index (χ1v) is 6.31. The van der Waals surface area contributed by atoms with E-state index in [1.807, 2.05) is 31.6 Å².